The molecule has 2 aromatic rings. The molecule has 0 radical (unpaired) electrons. The first-order chi connectivity index (χ1) is 16.7. The van der Waals surface area contributed by atoms with E-state index in [0.29, 0.717) is 6.04 Å². The fraction of sp³-hybridized carbons (Fsp3) is 0.630. The van der Waals surface area contributed by atoms with Crippen LogP contribution in [0.5, 0.6) is 11.5 Å². The maximum Gasteiger partial charge on any atom is 0.223 e. The first-order valence-electron chi connectivity index (χ1n) is 12.7. The predicted octanol–water partition coefficient (Wildman–Crippen LogP) is 4.87. The number of benzene rings is 1. The monoisotopic (exact) mass is 499 g/mol. The number of aliphatic hydroxyl groups is 1. The van der Waals surface area contributed by atoms with Crippen LogP contribution in [0.25, 0.3) is 0 Å². The molecular weight excluding hydrogens is 462 g/mol. The average Bonchev–Trinajstić information content (AvgIpc) is 3.56. The summed E-state index contributed by atoms with van der Waals surface area (Å²) >= 11 is 1.68. The third-order valence-electron chi connectivity index (χ3n) is 8.55. The van der Waals surface area contributed by atoms with Gasteiger partial charge >= 0.3 is 0 Å². The molecule has 3 N–H and O–H groups in total. The first-order valence-corrected chi connectivity index (χ1v) is 13.5. The van der Waals surface area contributed by atoms with Crippen LogP contribution in [0.1, 0.15) is 62.9 Å². The lowest BCUT2D eigenvalue weighted by Gasteiger charge is -2.53. The Morgan fingerprint density at radius 2 is 2.03 bits per heavy atom. The second kappa shape index (κ2) is 9.28. The van der Waals surface area contributed by atoms with Crippen molar-refractivity contribution in [1.29, 1.82) is 0 Å². The minimum absolute atomic E-state index is 0.00746. The Labute approximate surface area is 211 Å². The second-order valence-corrected chi connectivity index (χ2v) is 12.0. The van der Waals surface area contributed by atoms with Gasteiger partial charge in [-0.05, 0) is 61.5 Å². The third kappa shape index (κ3) is 4.51. The zero-order valence-corrected chi connectivity index (χ0v) is 22.1. The summed E-state index contributed by atoms with van der Waals surface area (Å²) in [5.41, 5.74) is 1.87. The maximum absolute atomic E-state index is 12.8. The summed E-state index contributed by atoms with van der Waals surface area (Å²) in [5.74, 6) is 1.55. The van der Waals surface area contributed by atoms with Crippen molar-refractivity contribution in [3.8, 4) is 11.5 Å². The topological polar surface area (TPSA) is 92.7 Å². The molecule has 3 aliphatic rings. The molecule has 1 aromatic heterocycles. The van der Waals surface area contributed by atoms with Crippen molar-refractivity contribution in [3.05, 3.63) is 28.8 Å². The van der Waals surface area contributed by atoms with Gasteiger partial charge in [0.15, 0.2) is 5.13 Å². The number of anilines is 2. The smallest absolute Gasteiger partial charge is 0.223 e. The van der Waals surface area contributed by atoms with Gasteiger partial charge in [0.25, 0.3) is 0 Å². The second-order valence-electron chi connectivity index (χ2n) is 10.9. The predicted molar refractivity (Wildman–Crippen MR) is 138 cm³/mol. The zero-order chi connectivity index (χ0) is 24.9. The first kappa shape index (κ1) is 24.4. The fourth-order valence-electron chi connectivity index (χ4n) is 6.38. The van der Waals surface area contributed by atoms with Gasteiger partial charge in [-0.1, -0.05) is 20.8 Å². The number of carbonyl (C=O) groups excluding carboxylic acids is 1. The van der Waals surface area contributed by atoms with E-state index in [2.05, 4.69) is 24.5 Å². The molecule has 2 saturated carbocycles. The molecule has 8 heteroatoms. The van der Waals surface area contributed by atoms with Crippen LogP contribution in [-0.2, 0) is 11.2 Å². The van der Waals surface area contributed by atoms with Crippen LogP contribution in [-0.4, -0.2) is 42.4 Å². The van der Waals surface area contributed by atoms with E-state index in [-0.39, 0.29) is 35.0 Å². The van der Waals surface area contributed by atoms with Crippen LogP contribution < -0.4 is 20.1 Å². The van der Waals surface area contributed by atoms with Crippen molar-refractivity contribution >= 4 is 28.1 Å². The molecule has 0 spiro atoms. The van der Waals surface area contributed by atoms with Crippen molar-refractivity contribution in [2.45, 2.75) is 70.9 Å². The molecule has 0 bridgehead atoms. The van der Waals surface area contributed by atoms with Gasteiger partial charge in [-0.15, -0.1) is 11.3 Å². The summed E-state index contributed by atoms with van der Waals surface area (Å²) < 4.78 is 10.9. The highest BCUT2D eigenvalue weighted by Crippen LogP contribution is 2.57. The Morgan fingerprint density at radius 1 is 1.26 bits per heavy atom. The summed E-state index contributed by atoms with van der Waals surface area (Å²) in [7, 11) is 3.30. The quantitative estimate of drug-likeness (QED) is 0.503. The van der Waals surface area contributed by atoms with Gasteiger partial charge in [-0.3, -0.25) is 4.79 Å². The number of nitrogens with zero attached hydrogens (tertiary/aromatic N) is 1. The lowest BCUT2D eigenvalue weighted by atomic mass is 9.53. The molecule has 7 nitrogen and oxygen atoms in total. The molecule has 0 saturated heterocycles. The molecule has 0 aliphatic heterocycles. The molecule has 190 valence electrons. The van der Waals surface area contributed by atoms with E-state index in [1.807, 2.05) is 25.1 Å². The summed E-state index contributed by atoms with van der Waals surface area (Å²) in [6.07, 6.45) is 4.42. The number of ether oxygens (including phenoxy) is 2. The molecule has 35 heavy (non-hydrogen) atoms. The Hall–Kier alpha value is -2.32. The van der Waals surface area contributed by atoms with Crippen LogP contribution in [0.15, 0.2) is 18.2 Å². The molecule has 1 heterocycles. The zero-order valence-electron chi connectivity index (χ0n) is 21.3. The molecule has 1 aromatic carbocycles. The lowest BCUT2D eigenvalue weighted by molar-refractivity contribution is -0.134. The Balaban J connectivity index is 1.38. The van der Waals surface area contributed by atoms with Crippen LogP contribution in [0.3, 0.4) is 0 Å². The molecule has 3 aliphatic carbocycles. The Kier molecular flexibility index (Phi) is 6.46. The normalized spacial score (nSPS) is 30.6. The van der Waals surface area contributed by atoms with E-state index in [1.54, 1.807) is 25.6 Å². The molecule has 0 unspecified atom stereocenters. The van der Waals surface area contributed by atoms with Crippen molar-refractivity contribution < 1.29 is 19.4 Å². The molecule has 2 fully saturated rings. The van der Waals surface area contributed by atoms with Gasteiger partial charge < -0.3 is 25.2 Å². The number of nitrogens with one attached hydrogen (secondary N) is 2. The largest absolute Gasteiger partial charge is 0.497 e. The minimum Gasteiger partial charge on any atom is -0.497 e. The number of hydrogen-bond donors (Lipinski definition) is 3. The number of rotatable bonds is 7. The van der Waals surface area contributed by atoms with Crippen molar-refractivity contribution in [2.75, 3.05) is 19.5 Å². The number of aromatic nitrogens is 1. The van der Waals surface area contributed by atoms with E-state index in [0.717, 1.165) is 60.1 Å². The number of thiazole rings is 1. The maximum atomic E-state index is 12.8. The highest BCUT2D eigenvalue weighted by atomic mass is 32.1. The highest BCUT2D eigenvalue weighted by molar-refractivity contribution is 7.15. The van der Waals surface area contributed by atoms with Crippen LogP contribution >= 0.6 is 11.3 Å². The van der Waals surface area contributed by atoms with Crippen molar-refractivity contribution in [2.24, 2.45) is 23.2 Å². The Bertz CT molecular complexity index is 1100. The van der Waals surface area contributed by atoms with Gasteiger partial charge in [-0.2, -0.15) is 0 Å². The fourth-order valence-corrected chi connectivity index (χ4v) is 7.66. The lowest BCUT2D eigenvalue weighted by Crippen LogP contribution is -2.53. The van der Waals surface area contributed by atoms with Crippen LogP contribution in [0, 0.1) is 23.2 Å². The number of methoxy groups -OCH3 is 2. The molecule has 1 amide bonds. The summed E-state index contributed by atoms with van der Waals surface area (Å²) in [4.78, 5) is 19.0. The molecule has 5 rings (SSSR count). The number of amides is 1. The van der Waals surface area contributed by atoms with Crippen LogP contribution in [0.2, 0.25) is 0 Å². The summed E-state index contributed by atoms with van der Waals surface area (Å²) in [6.45, 7) is 6.49. The van der Waals surface area contributed by atoms with Gasteiger partial charge in [0, 0.05) is 28.8 Å². The van der Waals surface area contributed by atoms with Gasteiger partial charge in [0.1, 0.15) is 11.5 Å². The van der Waals surface area contributed by atoms with E-state index < -0.39 is 6.10 Å². The number of hydrogen-bond acceptors (Lipinski definition) is 7. The van der Waals surface area contributed by atoms with Gasteiger partial charge in [0.05, 0.1) is 31.7 Å². The average molecular weight is 500 g/mol. The molecular formula is C27H37N3O4S. The summed E-state index contributed by atoms with van der Waals surface area (Å²) in [6, 6.07) is 6.00. The molecule has 6 atom stereocenters. The third-order valence-corrected chi connectivity index (χ3v) is 9.54. The van der Waals surface area contributed by atoms with E-state index in [4.69, 9.17) is 14.5 Å². The van der Waals surface area contributed by atoms with Gasteiger partial charge in [-0.25, -0.2) is 4.98 Å². The van der Waals surface area contributed by atoms with Crippen molar-refractivity contribution in [1.82, 2.24) is 10.3 Å². The van der Waals surface area contributed by atoms with E-state index >= 15 is 0 Å². The highest BCUT2D eigenvalue weighted by Gasteiger charge is 2.54. The number of fused-ring (bicyclic) bond motifs is 2. The van der Waals surface area contributed by atoms with Gasteiger partial charge in [0.2, 0.25) is 5.91 Å². The van der Waals surface area contributed by atoms with Crippen LogP contribution in [0.4, 0.5) is 10.8 Å². The standard InChI is InChI=1S/C27H37N3O4S/c1-14(25(32)28-16-6-7-16)18-10-11-27(3)13-21-23(15(2)22(27)24(18)31)30-26(35-21)29-19-12-17(33-4)8-9-20(19)34-5/h8-9,12,14-16,18,22,24,31H,6-7,10-11,13H2,1-5H3,(H,28,32)(H,29,30)/t14-,15+,18+,22+,24-,27+/m0/s1. The number of carbonyl (C=O) groups is 1. The number of aliphatic hydroxyl groups excluding tert-OH is 1. The minimum atomic E-state index is -0.520. The van der Waals surface area contributed by atoms with Crippen molar-refractivity contribution in [3.63, 3.8) is 0 Å². The van der Waals surface area contributed by atoms with E-state index in [1.165, 1.54) is 4.88 Å². The summed E-state index contributed by atoms with van der Waals surface area (Å²) in [5, 5.41) is 19.0. The Morgan fingerprint density at radius 3 is 2.71 bits per heavy atom. The SMILES string of the molecule is COc1ccc(OC)c(Nc2nc3c(s2)C[C@@]2(C)CC[C@H]([C@H](C)C(=O)NC4CC4)[C@H](O)[C@H]2[C@H]3C)c1. The van der Waals surface area contributed by atoms with E-state index in [9.17, 15) is 9.90 Å².